The molecule has 21 heavy (non-hydrogen) atoms. The molecule has 2 rings (SSSR count). The van der Waals surface area contributed by atoms with Crippen molar-refractivity contribution in [1.82, 2.24) is 5.32 Å². The van der Waals surface area contributed by atoms with Crippen LogP contribution in [0.2, 0.25) is 0 Å². The number of aryl methyl sites for hydroxylation is 1. The fraction of sp³-hybridized carbons (Fsp3) is 0.400. The number of hydrogen-bond acceptors (Lipinski definition) is 4. The zero-order valence-electron chi connectivity index (χ0n) is 12.2. The van der Waals surface area contributed by atoms with E-state index in [2.05, 4.69) is 5.32 Å². The Balaban J connectivity index is 2.21. The summed E-state index contributed by atoms with van der Waals surface area (Å²) in [6, 6.07) is 4.84. The highest BCUT2D eigenvalue weighted by atomic mass is 32.2. The summed E-state index contributed by atoms with van der Waals surface area (Å²) in [6.07, 6.45) is 1.90. The van der Waals surface area contributed by atoms with Gasteiger partial charge in [-0.2, -0.15) is 11.8 Å². The Kier molecular flexibility index (Phi) is 4.91. The van der Waals surface area contributed by atoms with Crippen LogP contribution in [-0.4, -0.2) is 35.2 Å². The molecule has 2 N–H and O–H groups in total. The van der Waals surface area contributed by atoms with Gasteiger partial charge in [-0.25, -0.2) is 4.39 Å². The van der Waals surface area contributed by atoms with Crippen LogP contribution in [0.1, 0.15) is 22.2 Å². The molecule has 1 aromatic carbocycles. The molecule has 1 heterocycles. The van der Waals surface area contributed by atoms with Crippen molar-refractivity contribution in [3.8, 4) is 0 Å². The van der Waals surface area contributed by atoms with Gasteiger partial charge in [0.25, 0.3) is 5.91 Å². The second kappa shape index (κ2) is 6.34. The zero-order valence-corrected chi connectivity index (χ0v) is 13.8. The lowest BCUT2D eigenvalue weighted by Gasteiger charge is -2.22. The smallest absolute Gasteiger partial charge is 0.261 e. The Morgan fingerprint density at radius 2 is 2.24 bits per heavy atom. The van der Waals surface area contributed by atoms with E-state index >= 15 is 0 Å². The quantitative estimate of drug-likeness (QED) is 0.887. The molecule has 1 amide bonds. The minimum absolute atomic E-state index is 0.169. The van der Waals surface area contributed by atoms with Crippen LogP contribution in [0, 0.1) is 12.7 Å². The number of nitrogens with one attached hydrogen (secondary N) is 1. The molecule has 0 saturated carbocycles. The van der Waals surface area contributed by atoms with Gasteiger partial charge in [-0.15, -0.1) is 11.3 Å². The number of carbonyl (C=O) groups excluding carboxylic acids is 1. The molecule has 1 atom stereocenters. The van der Waals surface area contributed by atoms with Gasteiger partial charge in [-0.3, -0.25) is 4.79 Å². The number of thiophene rings is 1. The molecule has 0 fully saturated rings. The molecule has 0 spiro atoms. The first-order chi connectivity index (χ1) is 9.85. The lowest BCUT2D eigenvalue weighted by molar-refractivity contribution is 0.0727. The van der Waals surface area contributed by atoms with Crippen LogP contribution in [0.5, 0.6) is 0 Å². The molecule has 0 bridgehead atoms. The molecule has 0 saturated heterocycles. The Bertz CT molecular complexity index is 667. The fourth-order valence-electron chi connectivity index (χ4n) is 2.18. The molecule has 1 unspecified atom stereocenters. The number of rotatable bonds is 5. The Labute approximate surface area is 131 Å². The number of thioether (sulfide) groups is 1. The standard InChI is InChI=1S/C15H18FNO2S2/c1-9-12-10(16)5-4-6-11(12)21-13(9)14(18)17-7-15(2,19)8-20-3/h4-6,19H,7-8H2,1-3H3,(H,17,18). The SMILES string of the molecule is CSCC(C)(O)CNC(=O)c1sc2cccc(F)c2c1C. The average Bonchev–Trinajstić information content (AvgIpc) is 2.75. The van der Waals surface area contributed by atoms with Gasteiger partial charge in [0.05, 0.1) is 10.5 Å². The van der Waals surface area contributed by atoms with Gasteiger partial charge in [-0.1, -0.05) is 6.07 Å². The van der Waals surface area contributed by atoms with Crippen LogP contribution < -0.4 is 5.32 Å². The highest BCUT2D eigenvalue weighted by molar-refractivity contribution is 7.98. The van der Waals surface area contributed by atoms with Crippen molar-refractivity contribution < 1.29 is 14.3 Å². The largest absolute Gasteiger partial charge is 0.387 e. The first kappa shape index (κ1) is 16.3. The first-order valence-corrected chi connectivity index (χ1v) is 8.74. The zero-order chi connectivity index (χ0) is 15.6. The summed E-state index contributed by atoms with van der Waals surface area (Å²) in [5.41, 5.74) is -0.305. The summed E-state index contributed by atoms with van der Waals surface area (Å²) >= 11 is 2.79. The van der Waals surface area contributed by atoms with Crippen LogP contribution in [0.15, 0.2) is 18.2 Å². The molecule has 0 radical (unpaired) electrons. The van der Waals surface area contributed by atoms with Gasteiger partial charge in [0.2, 0.25) is 0 Å². The molecule has 114 valence electrons. The van der Waals surface area contributed by atoms with Gasteiger partial charge in [0, 0.05) is 22.4 Å². The van der Waals surface area contributed by atoms with Crippen LogP contribution in [0.25, 0.3) is 10.1 Å². The molecule has 0 aliphatic rings. The molecule has 0 aliphatic carbocycles. The molecular weight excluding hydrogens is 309 g/mol. The first-order valence-electron chi connectivity index (χ1n) is 6.53. The number of halogens is 1. The predicted molar refractivity (Wildman–Crippen MR) is 87.9 cm³/mol. The van der Waals surface area contributed by atoms with E-state index in [-0.39, 0.29) is 18.3 Å². The van der Waals surface area contributed by atoms with Crippen molar-refractivity contribution in [3.63, 3.8) is 0 Å². The summed E-state index contributed by atoms with van der Waals surface area (Å²) in [4.78, 5) is 12.8. The van der Waals surface area contributed by atoms with Gasteiger partial charge in [-0.05, 0) is 37.8 Å². The Morgan fingerprint density at radius 1 is 1.52 bits per heavy atom. The van der Waals surface area contributed by atoms with E-state index in [1.54, 1.807) is 26.0 Å². The van der Waals surface area contributed by atoms with E-state index in [1.807, 2.05) is 6.26 Å². The molecular formula is C15H18FNO2S2. The molecule has 3 nitrogen and oxygen atoms in total. The highest BCUT2D eigenvalue weighted by Crippen LogP contribution is 2.32. The number of carbonyl (C=O) groups is 1. The van der Waals surface area contributed by atoms with Crippen molar-refractivity contribution in [1.29, 1.82) is 0 Å². The normalized spacial score (nSPS) is 14.1. The lowest BCUT2D eigenvalue weighted by Crippen LogP contribution is -2.42. The van der Waals surface area contributed by atoms with Crippen LogP contribution in [0.3, 0.4) is 0 Å². The maximum Gasteiger partial charge on any atom is 0.261 e. The molecule has 2 aromatic rings. The maximum atomic E-state index is 13.8. The van der Waals surface area contributed by atoms with Crippen LogP contribution in [0.4, 0.5) is 4.39 Å². The predicted octanol–water partition coefficient (Wildman–Crippen LogP) is 3.19. The van der Waals surface area contributed by atoms with E-state index in [0.717, 1.165) is 4.70 Å². The summed E-state index contributed by atoms with van der Waals surface area (Å²) in [7, 11) is 0. The number of hydrogen-bond donors (Lipinski definition) is 2. The number of aliphatic hydroxyl groups is 1. The molecule has 0 aliphatic heterocycles. The molecule has 1 aromatic heterocycles. The minimum atomic E-state index is -0.953. The van der Waals surface area contributed by atoms with Crippen molar-refractivity contribution in [2.24, 2.45) is 0 Å². The van der Waals surface area contributed by atoms with E-state index < -0.39 is 5.60 Å². The van der Waals surface area contributed by atoms with Crippen LogP contribution in [-0.2, 0) is 0 Å². The molecule has 6 heteroatoms. The van der Waals surface area contributed by atoms with E-state index in [4.69, 9.17) is 0 Å². The van der Waals surface area contributed by atoms with Crippen molar-refractivity contribution >= 4 is 39.1 Å². The second-order valence-electron chi connectivity index (χ2n) is 5.28. The fourth-order valence-corrected chi connectivity index (χ4v) is 4.05. The monoisotopic (exact) mass is 327 g/mol. The third-order valence-electron chi connectivity index (χ3n) is 3.19. The van der Waals surface area contributed by atoms with Gasteiger partial charge >= 0.3 is 0 Å². The topological polar surface area (TPSA) is 49.3 Å². The Morgan fingerprint density at radius 3 is 2.86 bits per heavy atom. The van der Waals surface area contributed by atoms with E-state index in [1.165, 1.54) is 29.2 Å². The summed E-state index contributed by atoms with van der Waals surface area (Å²) in [5, 5.41) is 13.3. The van der Waals surface area contributed by atoms with Gasteiger partial charge in [0.15, 0.2) is 0 Å². The van der Waals surface area contributed by atoms with Gasteiger partial charge < -0.3 is 10.4 Å². The number of benzene rings is 1. The summed E-state index contributed by atoms with van der Waals surface area (Å²) in [5.74, 6) is -0.0445. The van der Waals surface area contributed by atoms with E-state index in [0.29, 0.717) is 21.6 Å². The van der Waals surface area contributed by atoms with Crippen molar-refractivity contribution in [2.75, 3.05) is 18.6 Å². The maximum absolute atomic E-state index is 13.8. The summed E-state index contributed by atoms with van der Waals surface area (Å²) in [6.45, 7) is 3.60. The minimum Gasteiger partial charge on any atom is -0.387 e. The number of amides is 1. The third-order valence-corrected chi connectivity index (χ3v) is 5.36. The Hall–Kier alpha value is -1.11. The average molecular weight is 327 g/mol. The van der Waals surface area contributed by atoms with Crippen molar-refractivity contribution in [3.05, 3.63) is 34.5 Å². The van der Waals surface area contributed by atoms with Crippen LogP contribution >= 0.6 is 23.1 Å². The summed E-state index contributed by atoms with van der Waals surface area (Å²) < 4.78 is 14.6. The van der Waals surface area contributed by atoms with Crippen molar-refractivity contribution in [2.45, 2.75) is 19.4 Å². The lowest BCUT2D eigenvalue weighted by atomic mass is 10.1. The number of fused-ring (bicyclic) bond motifs is 1. The third kappa shape index (κ3) is 3.56. The van der Waals surface area contributed by atoms with Gasteiger partial charge in [0.1, 0.15) is 5.82 Å². The van der Waals surface area contributed by atoms with E-state index in [9.17, 15) is 14.3 Å². The second-order valence-corrected chi connectivity index (χ2v) is 7.20. The highest BCUT2D eigenvalue weighted by Gasteiger charge is 2.23.